The highest BCUT2D eigenvalue weighted by molar-refractivity contribution is 7.15. The van der Waals surface area contributed by atoms with Gasteiger partial charge in [-0.1, -0.05) is 20.8 Å². The van der Waals surface area contributed by atoms with E-state index >= 15 is 0 Å². The number of carbonyl (C=O) groups excluding carboxylic acids is 1. The summed E-state index contributed by atoms with van der Waals surface area (Å²) in [5.74, 6) is 0.613. The number of ether oxygens (including phenoxy) is 3. The number of anilines is 1. The lowest BCUT2D eigenvalue weighted by Gasteiger charge is -2.17. The third kappa shape index (κ3) is 3.77. The molecule has 0 unspecified atom stereocenters. The predicted octanol–water partition coefficient (Wildman–Crippen LogP) is 3.33. The summed E-state index contributed by atoms with van der Waals surface area (Å²) < 4.78 is 17.4. The van der Waals surface area contributed by atoms with E-state index in [-0.39, 0.29) is 11.0 Å². The van der Waals surface area contributed by atoms with Crippen LogP contribution in [0.2, 0.25) is 0 Å². The first kappa shape index (κ1) is 20.7. The van der Waals surface area contributed by atoms with Crippen molar-refractivity contribution >= 4 is 27.9 Å². The van der Waals surface area contributed by atoms with Gasteiger partial charge in [0.15, 0.2) is 16.5 Å². The Labute approximate surface area is 172 Å². The molecule has 1 N–H and O–H groups in total. The first-order valence-corrected chi connectivity index (χ1v) is 9.70. The number of rotatable bonds is 5. The maximum absolute atomic E-state index is 13.0. The van der Waals surface area contributed by atoms with Gasteiger partial charge >= 0.3 is 0 Å². The van der Waals surface area contributed by atoms with Crippen molar-refractivity contribution in [3.8, 4) is 17.2 Å². The molecular weight excluding hydrogens is 394 g/mol. The van der Waals surface area contributed by atoms with Crippen molar-refractivity contribution in [1.82, 2.24) is 9.38 Å². The lowest BCUT2D eigenvalue weighted by atomic mass is 9.93. The summed E-state index contributed by atoms with van der Waals surface area (Å²) in [4.78, 5) is 30.7. The van der Waals surface area contributed by atoms with Gasteiger partial charge in [0.1, 0.15) is 5.56 Å². The van der Waals surface area contributed by atoms with Gasteiger partial charge in [-0.25, -0.2) is 4.98 Å². The molecule has 2 aromatic heterocycles. The number of hydrogen-bond donors (Lipinski definition) is 1. The van der Waals surface area contributed by atoms with E-state index in [1.807, 2.05) is 26.2 Å². The van der Waals surface area contributed by atoms with Crippen LogP contribution in [0.25, 0.3) is 4.96 Å². The van der Waals surface area contributed by atoms with Gasteiger partial charge in [-0.2, -0.15) is 0 Å². The molecule has 8 nitrogen and oxygen atoms in total. The van der Waals surface area contributed by atoms with Gasteiger partial charge in [-0.15, -0.1) is 11.3 Å². The monoisotopic (exact) mass is 417 g/mol. The first-order chi connectivity index (χ1) is 13.7. The lowest BCUT2D eigenvalue weighted by Crippen LogP contribution is -2.29. The number of benzene rings is 1. The predicted molar refractivity (Wildman–Crippen MR) is 112 cm³/mol. The van der Waals surface area contributed by atoms with E-state index in [1.165, 1.54) is 43.3 Å². The Morgan fingerprint density at radius 2 is 1.72 bits per heavy atom. The van der Waals surface area contributed by atoms with Gasteiger partial charge in [0.2, 0.25) is 5.75 Å². The number of amides is 1. The fourth-order valence-corrected chi connectivity index (χ4v) is 3.99. The van der Waals surface area contributed by atoms with Gasteiger partial charge in [-0.05, 0) is 0 Å². The zero-order valence-electron chi connectivity index (χ0n) is 17.2. The molecule has 0 radical (unpaired) electrons. The zero-order valence-corrected chi connectivity index (χ0v) is 18.0. The quantitative estimate of drug-likeness (QED) is 0.685. The van der Waals surface area contributed by atoms with Crippen LogP contribution in [0.1, 0.15) is 36.8 Å². The van der Waals surface area contributed by atoms with Crippen molar-refractivity contribution in [3.63, 3.8) is 0 Å². The van der Waals surface area contributed by atoms with Gasteiger partial charge in [-0.3, -0.25) is 14.0 Å². The third-order valence-corrected chi connectivity index (χ3v) is 5.22. The van der Waals surface area contributed by atoms with Gasteiger partial charge in [0.05, 0.1) is 21.3 Å². The summed E-state index contributed by atoms with van der Waals surface area (Å²) in [6.45, 7) is 6.01. The van der Waals surface area contributed by atoms with Crippen molar-refractivity contribution in [2.75, 3.05) is 26.6 Å². The minimum atomic E-state index is -0.572. The van der Waals surface area contributed by atoms with Crippen molar-refractivity contribution in [2.45, 2.75) is 26.2 Å². The molecular formula is C20H23N3O5S. The SMILES string of the molecule is COc1cc(NC(=O)c2cnc3scc(C(C)(C)C)n3c2=O)cc(OC)c1OC. The van der Waals surface area contributed by atoms with E-state index in [0.29, 0.717) is 27.9 Å². The number of carbonyl (C=O) groups is 1. The molecule has 0 saturated carbocycles. The van der Waals surface area contributed by atoms with Gasteiger partial charge in [0.25, 0.3) is 11.5 Å². The molecule has 154 valence electrons. The Hall–Kier alpha value is -3.07. The van der Waals surface area contributed by atoms with Crippen molar-refractivity contribution in [1.29, 1.82) is 0 Å². The summed E-state index contributed by atoms with van der Waals surface area (Å²) >= 11 is 1.37. The molecule has 0 atom stereocenters. The highest BCUT2D eigenvalue weighted by atomic mass is 32.1. The molecule has 9 heteroatoms. The Bertz CT molecular complexity index is 1100. The summed E-state index contributed by atoms with van der Waals surface area (Å²) in [6.07, 6.45) is 1.30. The Kier molecular flexibility index (Phi) is 5.52. The molecule has 1 aromatic carbocycles. The second-order valence-corrected chi connectivity index (χ2v) is 8.17. The summed E-state index contributed by atoms with van der Waals surface area (Å²) in [7, 11) is 4.46. The molecule has 3 aromatic rings. The minimum absolute atomic E-state index is 0.0554. The van der Waals surface area contributed by atoms with Crippen LogP contribution in [0.5, 0.6) is 17.2 Å². The molecule has 0 saturated heterocycles. The summed E-state index contributed by atoms with van der Waals surface area (Å²) in [6, 6.07) is 3.18. The number of nitrogens with one attached hydrogen (secondary N) is 1. The van der Waals surface area contributed by atoms with E-state index in [2.05, 4.69) is 10.3 Å². The van der Waals surface area contributed by atoms with Gasteiger partial charge in [0, 0.05) is 40.5 Å². The van der Waals surface area contributed by atoms with Crippen LogP contribution in [0.4, 0.5) is 5.69 Å². The number of hydrogen-bond acceptors (Lipinski definition) is 7. The molecule has 0 spiro atoms. The third-order valence-electron chi connectivity index (χ3n) is 4.38. The van der Waals surface area contributed by atoms with Crippen molar-refractivity contribution in [2.24, 2.45) is 0 Å². The number of methoxy groups -OCH3 is 3. The van der Waals surface area contributed by atoms with E-state index < -0.39 is 11.5 Å². The van der Waals surface area contributed by atoms with Crippen LogP contribution >= 0.6 is 11.3 Å². The number of aromatic nitrogens is 2. The zero-order chi connectivity index (χ0) is 21.3. The molecule has 2 heterocycles. The maximum atomic E-state index is 13.0. The second kappa shape index (κ2) is 7.75. The molecule has 0 bridgehead atoms. The molecule has 0 aliphatic carbocycles. The fourth-order valence-electron chi connectivity index (χ4n) is 2.92. The second-order valence-electron chi connectivity index (χ2n) is 7.33. The topological polar surface area (TPSA) is 91.2 Å². The number of nitrogens with zero attached hydrogens (tertiary/aromatic N) is 2. The van der Waals surface area contributed by atoms with Crippen LogP contribution < -0.4 is 25.1 Å². The highest BCUT2D eigenvalue weighted by Gasteiger charge is 2.23. The minimum Gasteiger partial charge on any atom is -0.493 e. The van der Waals surface area contributed by atoms with Crippen molar-refractivity contribution in [3.05, 3.63) is 45.3 Å². The highest BCUT2D eigenvalue weighted by Crippen LogP contribution is 2.40. The number of fused-ring (bicyclic) bond motifs is 1. The first-order valence-electron chi connectivity index (χ1n) is 8.82. The Morgan fingerprint density at radius 1 is 1.10 bits per heavy atom. The molecule has 0 aliphatic rings. The molecule has 1 amide bonds. The van der Waals surface area contributed by atoms with E-state index in [4.69, 9.17) is 14.2 Å². The lowest BCUT2D eigenvalue weighted by molar-refractivity contribution is 0.102. The van der Waals surface area contributed by atoms with E-state index in [0.717, 1.165) is 5.69 Å². The van der Waals surface area contributed by atoms with Crippen LogP contribution in [0.15, 0.2) is 28.5 Å². The van der Waals surface area contributed by atoms with Crippen LogP contribution in [0, 0.1) is 0 Å². The smallest absolute Gasteiger partial charge is 0.271 e. The Morgan fingerprint density at radius 3 is 2.24 bits per heavy atom. The van der Waals surface area contributed by atoms with Crippen molar-refractivity contribution < 1.29 is 19.0 Å². The van der Waals surface area contributed by atoms with Crippen LogP contribution in [0.3, 0.4) is 0 Å². The molecule has 0 fully saturated rings. The van der Waals surface area contributed by atoms with Crippen LogP contribution in [-0.4, -0.2) is 36.6 Å². The van der Waals surface area contributed by atoms with E-state index in [9.17, 15) is 9.59 Å². The largest absolute Gasteiger partial charge is 0.493 e. The number of thiazole rings is 1. The molecule has 0 aliphatic heterocycles. The maximum Gasteiger partial charge on any atom is 0.271 e. The molecule has 3 rings (SSSR count). The molecule has 29 heavy (non-hydrogen) atoms. The van der Waals surface area contributed by atoms with Gasteiger partial charge < -0.3 is 19.5 Å². The summed E-state index contributed by atoms with van der Waals surface area (Å²) in [5, 5.41) is 4.60. The average Bonchev–Trinajstić information content (AvgIpc) is 3.12. The van der Waals surface area contributed by atoms with Crippen LogP contribution in [-0.2, 0) is 5.41 Å². The Balaban J connectivity index is 2.03. The normalized spacial score (nSPS) is 11.4. The van der Waals surface area contributed by atoms with E-state index in [1.54, 1.807) is 12.1 Å². The average molecular weight is 417 g/mol. The summed E-state index contributed by atoms with van der Waals surface area (Å²) in [5.41, 5.74) is 0.467. The standard InChI is InChI=1S/C20H23N3O5S/c1-20(2,3)15-10-29-19-21-9-12(18(25)23(15)19)17(24)22-11-7-13(26-4)16(28-6)14(8-11)27-5/h7-10H,1-6H3,(H,22,24). The fraction of sp³-hybridized carbons (Fsp3) is 0.350.